The topological polar surface area (TPSA) is 157 Å². The van der Waals surface area contributed by atoms with E-state index in [1.165, 1.54) is 12.1 Å². The minimum atomic E-state index is -3.73. The predicted molar refractivity (Wildman–Crippen MR) is 93.4 cm³/mol. The van der Waals surface area contributed by atoms with Gasteiger partial charge in [-0.2, -0.15) is 0 Å². The van der Waals surface area contributed by atoms with E-state index in [4.69, 9.17) is 5.73 Å². The molecule has 0 bridgehead atoms. The van der Waals surface area contributed by atoms with Crippen LogP contribution in [-0.2, 0) is 14.8 Å². The van der Waals surface area contributed by atoms with Gasteiger partial charge >= 0.3 is 0 Å². The van der Waals surface area contributed by atoms with E-state index in [-0.39, 0.29) is 29.6 Å². The van der Waals surface area contributed by atoms with Crippen molar-refractivity contribution in [3.05, 3.63) is 33.9 Å². The summed E-state index contributed by atoms with van der Waals surface area (Å²) < 4.78 is 25.4. The average Bonchev–Trinajstić information content (AvgIpc) is 2.45. The lowest BCUT2D eigenvalue weighted by atomic mass is 9.91. The molecular formula is C14H17N5O5S. The first kappa shape index (κ1) is 18.5. The Kier molecular flexibility index (Phi) is 5.16. The largest absolute Gasteiger partial charge is 0.369 e. The Labute approximate surface area is 144 Å². The third-order valence-electron chi connectivity index (χ3n) is 3.44. The van der Waals surface area contributed by atoms with E-state index in [1.54, 1.807) is 6.07 Å². The number of nitro groups is 1. The lowest BCUT2D eigenvalue weighted by Crippen LogP contribution is -2.25. The highest BCUT2D eigenvalue weighted by Crippen LogP contribution is 2.28. The highest BCUT2D eigenvalue weighted by atomic mass is 32.2. The number of nitrogens with two attached hydrogens (primary N) is 1. The third kappa shape index (κ3) is 4.83. The van der Waals surface area contributed by atoms with E-state index in [1.807, 2.05) is 6.92 Å². The van der Waals surface area contributed by atoms with Gasteiger partial charge in [-0.15, -0.1) is 4.40 Å². The third-order valence-corrected chi connectivity index (χ3v) is 3.97. The number of hydrogen-bond acceptors (Lipinski definition) is 6. The monoisotopic (exact) mass is 367 g/mol. The van der Waals surface area contributed by atoms with Crippen molar-refractivity contribution >= 4 is 38.9 Å². The number of nitrogens with one attached hydrogen (secondary N) is 1. The number of sulfonamides is 1. The molecule has 0 saturated heterocycles. The molecule has 11 heteroatoms. The quantitative estimate of drug-likeness (QED) is 0.343. The Morgan fingerprint density at radius 2 is 2.16 bits per heavy atom. The molecule has 25 heavy (non-hydrogen) atoms. The summed E-state index contributed by atoms with van der Waals surface area (Å²) in [5.74, 6) is -0.599. The van der Waals surface area contributed by atoms with Crippen LogP contribution in [0.5, 0.6) is 0 Å². The van der Waals surface area contributed by atoms with E-state index in [0.29, 0.717) is 17.7 Å². The molecule has 1 heterocycles. The Morgan fingerprint density at radius 1 is 1.48 bits per heavy atom. The number of rotatable bonds is 4. The van der Waals surface area contributed by atoms with Crippen LogP contribution in [0, 0.1) is 16.0 Å². The molecule has 0 spiro atoms. The number of carbonyl (C=O) groups is 1. The van der Waals surface area contributed by atoms with Crippen molar-refractivity contribution < 1.29 is 18.1 Å². The predicted octanol–water partition coefficient (Wildman–Crippen LogP) is 0.679. The number of guanidine groups is 1. The zero-order valence-electron chi connectivity index (χ0n) is 13.6. The molecule has 1 aromatic rings. The smallest absolute Gasteiger partial charge is 0.293 e. The van der Waals surface area contributed by atoms with Crippen LogP contribution in [0.3, 0.4) is 0 Å². The Balaban J connectivity index is 2.40. The summed E-state index contributed by atoms with van der Waals surface area (Å²) in [5.41, 5.74) is 6.29. The Hall–Kier alpha value is -2.82. The van der Waals surface area contributed by atoms with Crippen molar-refractivity contribution in [3.63, 3.8) is 0 Å². The van der Waals surface area contributed by atoms with Crippen LogP contribution >= 0.6 is 0 Å². The highest BCUT2D eigenvalue weighted by Gasteiger charge is 2.24. The van der Waals surface area contributed by atoms with Crippen LogP contribution in [0.15, 0.2) is 27.6 Å². The molecule has 0 aromatic heterocycles. The summed E-state index contributed by atoms with van der Waals surface area (Å²) in [5, 5.41) is 13.7. The van der Waals surface area contributed by atoms with Gasteiger partial charge in [0.05, 0.1) is 17.7 Å². The van der Waals surface area contributed by atoms with Crippen molar-refractivity contribution in [2.45, 2.75) is 13.3 Å². The molecule has 3 N–H and O–H groups in total. The molecule has 1 aliphatic heterocycles. The molecule has 0 amide bonds. The first-order chi connectivity index (χ1) is 11.6. The van der Waals surface area contributed by atoms with Crippen molar-refractivity contribution in [2.75, 3.05) is 18.1 Å². The van der Waals surface area contributed by atoms with Crippen molar-refractivity contribution in [3.8, 4) is 0 Å². The standard InChI is InChI=1S/C14H17N5O5S/c1-8-5-10(20)7-16-13(8)9-3-4-11(12(6-9)19(21)22)17-14(15)18-25(2,23)24/h3-4,6,8H,5,7H2,1-2H3,(H3,15,17,18). The second kappa shape index (κ2) is 6.97. The lowest BCUT2D eigenvalue weighted by molar-refractivity contribution is -0.383. The van der Waals surface area contributed by atoms with Crippen molar-refractivity contribution in [2.24, 2.45) is 21.0 Å². The highest BCUT2D eigenvalue weighted by molar-refractivity contribution is 7.89. The van der Waals surface area contributed by atoms with Gasteiger partial charge in [-0.1, -0.05) is 13.0 Å². The number of carbonyl (C=O) groups excluding carboxylic acids is 1. The fraction of sp³-hybridized carbons (Fsp3) is 0.357. The van der Waals surface area contributed by atoms with Gasteiger partial charge in [0.2, 0.25) is 5.96 Å². The number of anilines is 1. The first-order valence-corrected chi connectivity index (χ1v) is 9.09. The van der Waals surface area contributed by atoms with Gasteiger partial charge in [0.1, 0.15) is 5.69 Å². The lowest BCUT2D eigenvalue weighted by Gasteiger charge is -2.19. The summed E-state index contributed by atoms with van der Waals surface area (Å²) >= 11 is 0. The number of aliphatic imine (C=N–C) groups is 1. The van der Waals surface area contributed by atoms with Crippen LogP contribution in [0.4, 0.5) is 11.4 Å². The summed E-state index contributed by atoms with van der Waals surface area (Å²) in [4.78, 5) is 26.3. The van der Waals surface area contributed by atoms with Crippen LogP contribution < -0.4 is 11.1 Å². The fourth-order valence-electron chi connectivity index (χ4n) is 2.49. The van der Waals surface area contributed by atoms with E-state index < -0.39 is 20.9 Å². The second-order valence-electron chi connectivity index (χ2n) is 5.67. The molecule has 10 nitrogen and oxygen atoms in total. The zero-order chi connectivity index (χ0) is 18.8. The SMILES string of the molecule is CC1CC(=O)CN=C1c1ccc(NC(N)=NS(C)(=O)=O)c([N+](=O)[O-])c1. The Bertz CT molecular complexity index is 891. The van der Waals surface area contributed by atoms with Crippen LogP contribution in [-0.4, -0.2) is 43.6 Å². The number of Topliss-reactive ketones (excluding diaryl/α,β-unsaturated/α-hetero) is 1. The maximum Gasteiger partial charge on any atom is 0.293 e. The molecule has 0 aliphatic carbocycles. The summed E-state index contributed by atoms with van der Waals surface area (Å²) in [7, 11) is -3.73. The van der Waals surface area contributed by atoms with Gasteiger partial charge in [-0.25, -0.2) is 8.42 Å². The molecule has 0 fully saturated rings. The molecule has 134 valence electrons. The number of ketones is 1. The van der Waals surface area contributed by atoms with Gasteiger partial charge < -0.3 is 11.1 Å². The fourth-order valence-corrected chi connectivity index (χ4v) is 2.90. The van der Waals surface area contributed by atoms with Gasteiger partial charge in [0.15, 0.2) is 5.78 Å². The van der Waals surface area contributed by atoms with Crippen molar-refractivity contribution in [1.29, 1.82) is 0 Å². The van der Waals surface area contributed by atoms with Crippen LogP contribution in [0.2, 0.25) is 0 Å². The number of benzene rings is 1. The molecule has 0 saturated carbocycles. The van der Waals surface area contributed by atoms with Gasteiger partial charge in [0, 0.05) is 29.7 Å². The van der Waals surface area contributed by atoms with Gasteiger partial charge in [0.25, 0.3) is 15.7 Å². The van der Waals surface area contributed by atoms with E-state index in [9.17, 15) is 23.3 Å². The van der Waals surface area contributed by atoms with Crippen LogP contribution in [0.25, 0.3) is 0 Å². The maximum absolute atomic E-state index is 11.4. The molecular weight excluding hydrogens is 350 g/mol. The molecule has 0 radical (unpaired) electrons. The van der Waals surface area contributed by atoms with E-state index >= 15 is 0 Å². The minimum Gasteiger partial charge on any atom is -0.369 e. The Morgan fingerprint density at radius 3 is 2.72 bits per heavy atom. The van der Waals surface area contributed by atoms with Crippen molar-refractivity contribution in [1.82, 2.24) is 0 Å². The maximum atomic E-state index is 11.4. The molecule has 1 aliphatic rings. The minimum absolute atomic E-state index is 0.00112. The number of nitro benzene ring substituents is 1. The summed E-state index contributed by atoms with van der Waals surface area (Å²) in [6.07, 6.45) is 1.18. The van der Waals surface area contributed by atoms with E-state index in [2.05, 4.69) is 14.7 Å². The second-order valence-corrected chi connectivity index (χ2v) is 7.32. The molecule has 1 unspecified atom stereocenters. The summed E-state index contributed by atoms with van der Waals surface area (Å²) in [6, 6.07) is 4.29. The average molecular weight is 367 g/mol. The van der Waals surface area contributed by atoms with E-state index in [0.717, 1.165) is 6.26 Å². The zero-order valence-corrected chi connectivity index (χ0v) is 14.4. The molecule has 1 aromatic carbocycles. The molecule has 2 rings (SSSR count). The van der Waals surface area contributed by atoms with Crippen LogP contribution in [0.1, 0.15) is 18.9 Å². The van der Waals surface area contributed by atoms with Gasteiger partial charge in [-0.3, -0.25) is 19.9 Å². The van der Waals surface area contributed by atoms with Gasteiger partial charge in [-0.05, 0) is 6.07 Å². The number of hydrogen-bond donors (Lipinski definition) is 2. The normalized spacial score (nSPS) is 18.6. The number of nitrogens with zero attached hydrogens (tertiary/aromatic N) is 3. The summed E-state index contributed by atoms with van der Waals surface area (Å²) in [6.45, 7) is 1.88. The first-order valence-electron chi connectivity index (χ1n) is 7.24. The molecule has 1 atom stereocenters.